The van der Waals surface area contributed by atoms with E-state index >= 15 is 0 Å². The quantitative estimate of drug-likeness (QED) is 0.287. The van der Waals surface area contributed by atoms with Crippen molar-refractivity contribution in [1.82, 2.24) is 16.0 Å². The highest BCUT2D eigenvalue weighted by atomic mass is 127. The zero-order valence-electron chi connectivity index (χ0n) is 16.6. The number of carbonyl (C=O) groups excluding carboxylic acids is 1. The van der Waals surface area contributed by atoms with Gasteiger partial charge in [0.05, 0.1) is 0 Å². The Bertz CT molecular complexity index is 830. The van der Waals surface area contributed by atoms with Gasteiger partial charge in [-0.2, -0.15) is 0 Å². The number of aliphatic imine (C=N–C) groups is 1. The van der Waals surface area contributed by atoms with Crippen molar-refractivity contribution >= 4 is 35.8 Å². The van der Waals surface area contributed by atoms with Gasteiger partial charge >= 0.3 is 0 Å². The standard InChI is InChI=1S/C21H26F2N4O.HI/c1-3-25-21(27-13-11-16-7-5-9-18(22)19(16)23)26-12-10-15-6-4-8-17(14-15)20(28)24-2;/h4-9,14H,3,10-13H2,1-2H3,(H,24,28)(H2,25,26,27);1H. The Balaban J connectivity index is 0.00000420. The number of carbonyl (C=O) groups is 1. The van der Waals surface area contributed by atoms with Gasteiger partial charge in [-0.1, -0.05) is 24.3 Å². The largest absolute Gasteiger partial charge is 0.357 e. The van der Waals surface area contributed by atoms with Gasteiger partial charge in [-0.15, -0.1) is 24.0 Å². The Morgan fingerprint density at radius 3 is 2.55 bits per heavy atom. The van der Waals surface area contributed by atoms with Gasteiger partial charge in [0.1, 0.15) is 0 Å². The van der Waals surface area contributed by atoms with E-state index in [0.717, 1.165) is 11.6 Å². The van der Waals surface area contributed by atoms with E-state index in [4.69, 9.17) is 0 Å². The fourth-order valence-electron chi connectivity index (χ4n) is 2.71. The molecule has 158 valence electrons. The predicted octanol–water partition coefficient (Wildman–Crippen LogP) is 3.28. The number of hydrogen-bond donors (Lipinski definition) is 3. The van der Waals surface area contributed by atoms with Gasteiger partial charge in [0.2, 0.25) is 0 Å². The van der Waals surface area contributed by atoms with Crippen LogP contribution in [-0.2, 0) is 12.8 Å². The zero-order chi connectivity index (χ0) is 20.4. The van der Waals surface area contributed by atoms with E-state index in [1.54, 1.807) is 19.2 Å². The van der Waals surface area contributed by atoms with E-state index in [1.165, 1.54) is 6.07 Å². The number of rotatable bonds is 8. The lowest BCUT2D eigenvalue weighted by molar-refractivity contribution is 0.0963. The van der Waals surface area contributed by atoms with Crippen molar-refractivity contribution in [3.63, 3.8) is 0 Å². The Morgan fingerprint density at radius 1 is 1.07 bits per heavy atom. The number of benzene rings is 2. The molecule has 0 spiro atoms. The summed E-state index contributed by atoms with van der Waals surface area (Å²) in [6, 6.07) is 11.6. The van der Waals surface area contributed by atoms with Gasteiger partial charge in [0.25, 0.3) is 5.91 Å². The highest BCUT2D eigenvalue weighted by Gasteiger charge is 2.07. The smallest absolute Gasteiger partial charge is 0.251 e. The molecule has 0 aliphatic carbocycles. The summed E-state index contributed by atoms with van der Waals surface area (Å²) in [5.41, 5.74) is 1.97. The first-order valence-corrected chi connectivity index (χ1v) is 9.31. The van der Waals surface area contributed by atoms with Crippen molar-refractivity contribution < 1.29 is 13.6 Å². The first-order chi connectivity index (χ1) is 13.5. The Labute approximate surface area is 187 Å². The van der Waals surface area contributed by atoms with Crippen LogP contribution in [0.4, 0.5) is 8.78 Å². The lowest BCUT2D eigenvalue weighted by Gasteiger charge is -2.12. The summed E-state index contributed by atoms with van der Waals surface area (Å²) in [4.78, 5) is 16.1. The molecule has 29 heavy (non-hydrogen) atoms. The van der Waals surface area contributed by atoms with Crippen molar-refractivity contribution in [2.45, 2.75) is 19.8 Å². The SMILES string of the molecule is CCNC(=NCCc1cccc(F)c1F)NCCc1cccc(C(=O)NC)c1.I. The molecule has 1 amide bonds. The minimum Gasteiger partial charge on any atom is -0.357 e. The summed E-state index contributed by atoms with van der Waals surface area (Å²) in [5, 5.41) is 8.95. The average molecular weight is 516 g/mol. The van der Waals surface area contributed by atoms with Crippen molar-refractivity contribution in [3.05, 3.63) is 70.8 Å². The average Bonchev–Trinajstić information content (AvgIpc) is 2.70. The molecular weight excluding hydrogens is 489 g/mol. The maximum absolute atomic E-state index is 13.7. The fourth-order valence-corrected chi connectivity index (χ4v) is 2.71. The van der Waals surface area contributed by atoms with Gasteiger partial charge in [-0.3, -0.25) is 9.79 Å². The molecule has 0 bridgehead atoms. The second-order valence-corrected chi connectivity index (χ2v) is 6.18. The topological polar surface area (TPSA) is 65.5 Å². The van der Waals surface area contributed by atoms with Crippen LogP contribution < -0.4 is 16.0 Å². The van der Waals surface area contributed by atoms with Gasteiger partial charge in [0, 0.05) is 32.2 Å². The lowest BCUT2D eigenvalue weighted by atomic mass is 10.1. The maximum Gasteiger partial charge on any atom is 0.251 e. The summed E-state index contributed by atoms with van der Waals surface area (Å²) < 4.78 is 27.0. The summed E-state index contributed by atoms with van der Waals surface area (Å²) in [7, 11) is 1.60. The molecule has 5 nitrogen and oxygen atoms in total. The van der Waals surface area contributed by atoms with Crippen molar-refractivity contribution in [2.24, 2.45) is 4.99 Å². The van der Waals surface area contributed by atoms with Crippen molar-refractivity contribution in [2.75, 3.05) is 26.7 Å². The van der Waals surface area contributed by atoms with Gasteiger partial charge in [0.15, 0.2) is 17.6 Å². The lowest BCUT2D eigenvalue weighted by Crippen LogP contribution is -2.38. The van der Waals surface area contributed by atoms with E-state index in [2.05, 4.69) is 20.9 Å². The molecule has 0 radical (unpaired) electrons. The number of hydrogen-bond acceptors (Lipinski definition) is 2. The van der Waals surface area contributed by atoms with Crippen molar-refractivity contribution in [1.29, 1.82) is 0 Å². The molecule has 2 aromatic carbocycles. The summed E-state index contributed by atoms with van der Waals surface area (Å²) in [6.07, 6.45) is 1.03. The van der Waals surface area contributed by atoms with Crippen LogP contribution in [0.5, 0.6) is 0 Å². The molecule has 0 saturated carbocycles. The number of amides is 1. The van der Waals surface area contributed by atoms with Crippen LogP contribution in [0.25, 0.3) is 0 Å². The van der Waals surface area contributed by atoms with Gasteiger partial charge in [-0.25, -0.2) is 8.78 Å². The highest BCUT2D eigenvalue weighted by Crippen LogP contribution is 2.11. The first kappa shape index (κ1) is 24.8. The second kappa shape index (κ2) is 13.1. The molecule has 0 aromatic heterocycles. The maximum atomic E-state index is 13.7. The monoisotopic (exact) mass is 516 g/mol. The summed E-state index contributed by atoms with van der Waals surface area (Å²) in [6.45, 7) is 3.60. The predicted molar refractivity (Wildman–Crippen MR) is 123 cm³/mol. The first-order valence-electron chi connectivity index (χ1n) is 9.31. The van der Waals surface area contributed by atoms with E-state index in [1.807, 2.05) is 25.1 Å². The van der Waals surface area contributed by atoms with Crippen LogP contribution in [0.1, 0.15) is 28.4 Å². The molecular formula is C21H27F2IN4O. The molecule has 0 saturated heterocycles. The van der Waals surface area contributed by atoms with Crippen LogP contribution >= 0.6 is 24.0 Å². The second-order valence-electron chi connectivity index (χ2n) is 6.18. The molecule has 3 N–H and O–H groups in total. The van der Waals surface area contributed by atoms with Crippen LogP contribution in [0.15, 0.2) is 47.5 Å². The third-order valence-electron chi connectivity index (χ3n) is 4.15. The Morgan fingerprint density at radius 2 is 1.83 bits per heavy atom. The Kier molecular flexibility index (Phi) is 11.2. The van der Waals surface area contributed by atoms with Crippen LogP contribution in [0.3, 0.4) is 0 Å². The fraction of sp³-hybridized carbons (Fsp3) is 0.333. The molecule has 0 heterocycles. The van der Waals surface area contributed by atoms with E-state index in [0.29, 0.717) is 49.6 Å². The van der Waals surface area contributed by atoms with Crippen LogP contribution in [0, 0.1) is 11.6 Å². The molecule has 0 aliphatic rings. The van der Waals surface area contributed by atoms with Gasteiger partial charge < -0.3 is 16.0 Å². The molecule has 0 aliphatic heterocycles. The van der Waals surface area contributed by atoms with E-state index < -0.39 is 11.6 Å². The number of nitrogens with zero attached hydrogens (tertiary/aromatic N) is 1. The van der Waals surface area contributed by atoms with E-state index in [9.17, 15) is 13.6 Å². The minimum atomic E-state index is -0.842. The van der Waals surface area contributed by atoms with E-state index in [-0.39, 0.29) is 29.9 Å². The van der Waals surface area contributed by atoms with Crippen molar-refractivity contribution in [3.8, 4) is 0 Å². The highest BCUT2D eigenvalue weighted by molar-refractivity contribution is 14.0. The summed E-state index contributed by atoms with van der Waals surface area (Å²) in [5.74, 6) is -1.16. The van der Waals surface area contributed by atoms with Gasteiger partial charge in [-0.05, 0) is 49.1 Å². The minimum absolute atomic E-state index is 0. The molecule has 0 atom stereocenters. The number of halogens is 3. The normalized spacial score (nSPS) is 10.8. The number of guanidine groups is 1. The molecule has 0 unspecified atom stereocenters. The Hall–Kier alpha value is -2.23. The molecule has 2 aromatic rings. The molecule has 0 fully saturated rings. The third kappa shape index (κ3) is 7.96. The molecule has 8 heteroatoms. The van der Waals surface area contributed by atoms with Crippen LogP contribution in [0.2, 0.25) is 0 Å². The summed E-state index contributed by atoms with van der Waals surface area (Å²) >= 11 is 0. The molecule has 2 rings (SSSR count). The zero-order valence-corrected chi connectivity index (χ0v) is 18.9. The van der Waals surface area contributed by atoms with Crippen LogP contribution in [-0.4, -0.2) is 38.5 Å². The third-order valence-corrected chi connectivity index (χ3v) is 4.15. The number of nitrogens with one attached hydrogen (secondary N) is 3.